The molecule has 0 radical (unpaired) electrons. The predicted molar refractivity (Wildman–Crippen MR) is 62.0 cm³/mol. The maximum Gasteiger partial charge on any atom is 0.227 e. The van der Waals surface area contributed by atoms with Crippen molar-refractivity contribution in [1.82, 2.24) is 9.97 Å². The van der Waals surface area contributed by atoms with E-state index in [0.29, 0.717) is 24.7 Å². The van der Waals surface area contributed by atoms with E-state index >= 15 is 0 Å². The summed E-state index contributed by atoms with van der Waals surface area (Å²) >= 11 is 0. The van der Waals surface area contributed by atoms with Crippen LogP contribution in [0, 0.1) is 5.41 Å². The summed E-state index contributed by atoms with van der Waals surface area (Å²) < 4.78 is 13.6. The summed E-state index contributed by atoms with van der Waals surface area (Å²) in [5.74, 6) is 0.944. The first-order valence-corrected chi connectivity index (χ1v) is 5.44. The highest BCUT2D eigenvalue weighted by Gasteiger charge is 2.33. The van der Waals surface area contributed by atoms with Gasteiger partial charge in [-0.15, -0.1) is 0 Å². The summed E-state index contributed by atoms with van der Waals surface area (Å²) in [6.45, 7) is 5.22. The van der Waals surface area contributed by atoms with Crippen LogP contribution in [-0.2, 0) is 0 Å². The number of nitrogens with zero attached hydrogens (tertiary/aromatic N) is 3. The van der Waals surface area contributed by atoms with Crippen molar-refractivity contribution >= 4 is 11.8 Å². The largest absolute Gasteiger partial charge is 0.384 e. The molecule has 1 saturated heterocycles. The van der Waals surface area contributed by atoms with Crippen LogP contribution in [0.4, 0.5) is 16.2 Å². The molecule has 0 amide bonds. The molecule has 0 bridgehead atoms. The van der Waals surface area contributed by atoms with Crippen molar-refractivity contribution in [2.75, 3.05) is 23.7 Å². The molecule has 1 atom stereocenters. The third-order valence-corrected chi connectivity index (χ3v) is 2.76. The van der Waals surface area contributed by atoms with Crippen molar-refractivity contribution < 1.29 is 4.39 Å². The molecule has 1 aliphatic rings. The zero-order valence-electron chi connectivity index (χ0n) is 9.65. The third-order valence-electron chi connectivity index (χ3n) is 2.76. The van der Waals surface area contributed by atoms with Crippen LogP contribution < -0.4 is 10.6 Å². The van der Waals surface area contributed by atoms with E-state index in [2.05, 4.69) is 23.8 Å². The van der Waals surface area contributed by atoms with E-state index in [1.54, 1.807) is 12.3 Å². The second-order valence-corrected chi connectivity index (χ2v) is 5.13. The molecule has 1 fully saturated rings. The first kappa shape index (κ1) is 11.1. The van der Waals surface area contributed by atoms with Gasteiger partial charge in [-0.3, -0.25) is 0 Å². The number of nitrogens with two attached hydrogens (primary N) is 1. The second kappa shape index (κ2) is 3.88. The molecule has 1 aliphatic heterocycles. The van der Waals surface area contributed by atoms with Crippen molar-refractivity contribution in [3.05, 3.63) is 12.3 Å². The first-order chi connectivity index (χ1) is 7.46. The molecule has 0 unspecified atom stereocenters. The van der Waals surface area contributed by atoms with Gasteiger partial charge in [0, 0.05) is 12.7 Å². The fraction of sp³-hybridized carbons (Fsp3) is 0.636. The molecule has 0 aliphatic carbocycles. The van der Waals surface area contributed by atoms with Gasteiger partial charge >= 0.3 is 0 Å². The van der Waals surface area contributed by atoms with Gasteiger partial charge in [-0.05, 0) is 17.9 Å². The molecule has 88 valence electrons. The van der Waals surface area contributed by atoms with Crippen LogP contribution in [-0.4, -0.2) is 29.2 Å². The van der Waals surface area contributed by atoms with E-state index in [1.807, 2.05) is 4.90 Å². The Bertz CT molecular complexity index is 380. The lowest BCUT2D eigenvalue weighted by atomic mass is 9.83. The van der Waals surface area contributed by atoms with Crippen LogP contribution in [0.3, 0.4) is 0 Å². The minimum Gasteiger partial charge on any atom is -0.384 e. The maximum atomic E-state index is 13.6. The van der Waals surface area contributed by atoms with Gasteiger partial charge in [-0.1, -0.05) is 13.8 Å². The van der Waals surface area contributed by atoms with E-state index in [-0.39, 0.29) is 5.41 Å². The lowest BCUT2D eigenvalue weighted by molar-refractivity contribution is 0.176. The summed E-state index contributed by atoms with van der Waals surface area (Å²) in [5, 5.41) is 0. The number of anilines is 2. The fourth-order valence-electron chi connectivity index (χ4n) is 2.22. The molecule has 2 heterocycles. The Labute approximate surface area is 94.7 Å². The quantitative estimate of drug-likeness (QED) is 0.787. The predicted octanol–water partition coefficient (Wildman–Crippen LogP) is 1.63. The average Bonchev–Trinajstić information content (AvgIpc) is 2.14. The molecular formula is C11H17FN4. The molecule has 2 rings (SSSR count). The Hall–Kier alpha value is -1.39. The molecule has 5 heteroatoms. The minimum atomic E-state index is -0.825. The number of aromatic nitrogens is 2. The molecule has 0 saturated carbocycles. The monoisotopic (exact) mass is 224 g/mol. The topological polar surface area (TPSA) is 55.0 Å². The molecular weight excluding hydrogens is 207 g/mol. The van der Waals surface area contributed by atoms with Crippen LogP contribution in [0.25, 0.3) is 0 Å². The van der Waals surface area contributed by atoms with Gasteiger partial charge in [0.2, 0.25) is 5.95 Å². The van der Waals surface area contributed by atoms with Gasteiger partial charge in [-0.25, -0.2) is 9.37 Å². The lowest BCUT2D eigenvalue weighted by Gasteiger charge is -2.39. The highest BCUT2D eigenvalue weighted by molar-refractivity contribution is 5.38. The molecule has 1 aromatic rings. The normalized spacial score (nSPS) is 24.4. The van der Waals surface area contributed by atoms with Gasteiger partial charge in [-0.2, -0.15) is 4.98 Å². The Balaban J connectivity index is 2.21. The Morgan fingerprint density at radius 1 is 1.56 bits per heavy atom. The number of nitrogen functional groups attached to an aromatic ring is 1. The molecule has 0 spiro atoms. The van der Waals surface area contributed by atoms with Gasteiger partial charge in [0.05, 0.1) is 6.54 Å². The van der Waals surface area contributed by atoms with Crippen LogP contribution in [0.5, 0.6) is 0 Å². The lowest BCUT2D eigenvalue weighted by Crippen LogP contribution is -2.46. The van der Waals surface area contributed by atoms with Gasteiger partial charge in [0.15, 0.2) is 0 Å². The SMILES string of the molecule is CC1(C)C[C@@H](F)CN(c2nccc(N)n2)C1. The highest BCUT2D eigenvalue weighted by atomic mass is 19.1. The summed E-state index contributed by atoms with van der Waals surface area (Å²) in [6.07, 6.45) is 1.37. The Morgan fingerprint density at radius 3 is 2.94 bits per heavy atom. The van der Waals surface area contributed by atoms with Crippen LogP contribution in [0.1, 0.15) is 20.3 Å². The van der Waals surface area contributed by atoms with Gasteiger partial charge in [0.1, 0.15) is 12.0 Å². The number of hydrogen-bond donors (Lipinski definition) is 1. The smallest absolute Gasteiger partial charge is 0.227 e. The Morgan fingerprint density at radius 2 is 2.31 bits per heavy atom. The number of rotatable bonds is 1. The zero-order chi connectivity index (χ0) is 11.8. The van der Waals surface area contributed by atoms with Crippen LogP contribution >= 0.6 is 0 Å². The van der Waals surface area contributed by atoms with E-state index in [4.69, 9.17) is 5.73 Å². The second-order valence-electron chi connectivity index (χ2n) is 5.13. The standard InChI is InChI=1S/C11H17FN4/c1-11(2)5-8(12)6-16(7-11)10-14-4-3-9(13)15-10/h3-4,8H,5-7H2,1-2H3,(H2,13,14,15)/t8-/m1/s1. The fourth-order valence-corrected chi connectivity index (χ4v) is 2.22. The molecule has 0 aromatic carbocycles. The van der Waals surface area contributed by atoms with E-state index < -0.39 is 6.17 Å². The average molecular weight is 224 g/mol. The van der Waals surface area contributed by atoms with Gasteiger partial charge in [0.25, 0.3) is 0 Å². The minimum absolute atomic E-state index is 0.0500. The van der Waals surface area contributed by atoms with Crippen molar-refractivity contribution in [3.8, 4) is 0 Å². The summed E-state index contributed by atoms with van der Waals surface area (Å²) in [5.41, 5.74) is 5.55. The summed E-state index contributed by atoms with van der Waals surface area (Å²) in [4.78, 5) is 10.1. The van der Waals surface area contributed by atoms with E-state index in [0.717, 1.165) is 6.54 Å². The van der Waals surface area contributed by atoms with Gasteiger partial charge < -0.3 is 10.6 Å². The number of halogens is 1. The number of alkyl halides is 1. The van der Waals surface area contributed by atoms with Crippen LogP contribution in [0.15, 0.2) is 12.3 Å². The molecule has 4 nitrogen and oxygen atoms in total. The van der Waals surface area contributed by atoms with Crippen LogP contribution in [0.2, 0.25) is 0 Å². The molecule has 16 heavy (non-hydrogen) atoms. The molecule has 1 aromatic heterocycles. The Kier molecular flexibility index (Phi) is 2.69. The van der Waals surface area contributed by atoms with E-state index in [1.165, 1.54) is 0 Å². The van der Waals surface area contributed by atoms with Crippen molar-refractivity contribution in [3.63, 3.8) is 0 Å². The van der Waals surface area contributed by atoms with E-state index in [9.17, 15) is 4.39 Å². The number of piperidine rings is 1. The summed E-state index contributed by atoms with van der Waals surface area (Å²) in [6, 6.07) is 1.63. The number of hydrogen-bond acceptors (Lipinski definition) is 4. The van der Waals surface area contributed by atoms with Crippen molar-refractivity contribution in [1.29, 1.82) is 0 Å². The first-order valence-electron chi connectivity index (χ1n) is 5.44. The summed E-state index contributed by atoms with van der Waals surface area (Å²) in [7, 11) is 0. The molecule has 2 N–H and O–H groups in total. The zero-order valence-corrected chi connectivity index (χ0v) is 9.65. The highest BCUT2D eigenvalue weighted by Crippen LogP contribution is 2.31. The van der Waals surface area contributed by atoms with Crippen molar-refractivity contribution in [2.24, 2.45) is 5.41 Å². The van der Waals surface area contributed by atoms with Crippen molar-refractivity contribution in [2.45, 2.75) is 26.4 Å². The maximum absolute atomic E-state index is 13.6. The third kappa shape index (κ3) is 2.40.